The van der Waals surface area contributed by atoms with E-state index in [-0.39, 0.29) is 28.0 Å². The first-order chi connectivity index (χ1) is 16.2. The molecule has 2 N–H and O–H groups in total. The molecule has 0 unspecified atom stereocenters. The Morgan fingerprint density at radius 1 is 1.26 bits per heavy atom. The number of rotatable bonds is 4. The Morgan fingerprint density at radius 2 is 1.91 bits per heavy atom. The second kappa shape index (κ2) is 8.29. The highest BCUT2D eigenvalue weighted by Crippen LogP contribution is 2.58. The molecule has 1 amide bonds. The lowest BCUT2D eigenvalue weighted by molar-refractivity contribution is -0.192. The van der Waals surface area contributed by atoms with Crippen molar-refractivity contribution in [1.82, 2.24) is 19.2 Å². The van der Waals surface area contributed by atoms with Crippen LogP contribution in [0.2, 0.25) is 0 Å². The lowest BCUT2D eigenvalue weighted by Crippen LogP contribution is -2.45. The van der Waals surface area contributed by atoms with Crippen LogP contribution in [0.4, 0.5) is 27.6 Å². The lowest BCUT2D eigenvalue weighted by Gasteiger charge is -2.41. The molecule has 14 heteroatoms. The number of pyridine rings is 1. The number of nitrogens with one attached hydrogen (secondary N) is 1. The summed E-state index contributed by atoms with van der Waals surface area (Å²) in [6.07, 6.45) is -1.12. The van der Waals surface area contributed by atoms with Crippen LogP contribution in [0.3, 0.4) is 0 Å². The molecule has 1 aliphatic carbocycles. The minimum atomic E-state index is -5.08. The van der Waals surface area contributed by atoms with Crippen molar-refractivity contribution in [3.8, 4) is 0 Å². The number of ether oxygens (including phenoxy) is 1. The molecule has 2 saturated heterocycles. The molecule has 0 atom stereocenters. The zero-order valence-corrected chi connectivity index (χ0v) is 18.4. The van der Waals surface area contributed by atoms with E-state index < -0.39 is 24.5 Å². The topological polar surface area (TPSA) is 111 Å². The molecule has 2 aliphatic heterocycles. The van der Waals surface area contributed by atoms with Crippen molar-refractivity contribution in [2.24, 2.45) is 7.05 Å². The monoisotopic (exact) mass is 501 g/mol. The first-order valence-corrected chi connectivity index (χ1v) is 10.3. The number of halogens is 5. The average Bonchev–Trinajstić information content (AvgIpc) is 3.48. The fourth-order valence-corrected chi connectivity index (χ4v) is 4.46. The number of carboxylic acid groups (broad SMARTS) is 1. The van der Waals surface area contributed by atoms with E-state index in [1.54, 1.807) is 17.6 Å². The van der Waals surface area contributed by atoms with Crippen LogP contribution in [0.1, 0.15) is 47.9 Å². The summed E-state index contributed by atoms with van der Waals surface area (Å²) >= 11 is 0. The number of aromatic nitrogens is 4. The molecule has 3 aliphatic rings. The predicted molar refractivity (Wildman–Crippen MR) is 110 cm³/mol. The second-order valence-electron chi connectivity index (χ2n) is 8.84. The van der Waals surface area contributed by atoms with Gasteiger partial charge < -0.3 is 19.6 Å². The van der Waals surface area contributed by atoms with Crippen LogP contribution in [-0.2, 0) is 22.0 Å². The van der Waals surface area contributed by atoms with Crippen LogP contribution < -0.4 is 5.32 Å². The minimum Gasteiger partial charge on any atom is -0.475 e. The molecule has 3 fully saturated rings. The molecule has 0 spiro atoms. The maximum Gasteiger partial charge on any atom is 0.490 e. The minimum absolute atomic E-state index is 0.0423. The van der Waals surface area contributed by atoms with E-state index in [1.807, 2.05) is 6.20 Å². The van der Waals surface area contributed by atoms with Crippen molar-refractivity contribution in [2.45, 2.75) is 43.4 Å². The molecule has 35 heavy (non-hydrogen) atoms. The van der Waals surface area contributed by atoms with Crippen LogP contribution in [-0.4, -0.2) is 54.5 Å². The van der Waals surface area contributed by atoms with Gasteiger partial charge in [0.05, 0.1) is 23.6 Å². The lowest BCUT2D eigenvalue weighted by atomic mass is 9.62. The number of fused-ring (bicyclic) bond motifs is 2. The molecule has 188 valence electrons. The summed E-state index contributed by atoms with van der Waals surface area (Å²) in [6.45, 7) is 2.67. The van der Waals surface area contributed by atoms with Gasteiger partial charge >= 0.3 is 12.1 Å². The summed E-state index contributed by atoms with van der Waals surface area (Å²) in [5.41, 5.74) is 0.972. The summed E-state index contributed by atoms with van der Waals surface area (Å²) in [6, 6.07) is 2.85. The van der Waals surface area contributed by atoms with Crippen LogP contribution in [0, 0.1) is 0 Å². The van der Waals surface area contributed by atoms with Crippen molar-refractivity contribution in [2.75, 3.05) is 11.9 Å². The van der Waals surface area contributed by atoms with Crippen molar-refractivity contribution < 1.29 is 41.4 Å². The molecule has 5 heterocycles. The number of aryl methyl sites for hydroxylation is 1. The zero-order valence-electron chi connectivity index (χ0n) is 18.4. The van der Waals surface area contributed by atoms with Gasteiger partial charge in [-0.2, -0.15) is 18.3 Å². The summed E-state index contributed by atoms with van der Waals surface area (Å²) < 4.78 is 68.0. The molecule has 2 bridgehead atoms. The largest absolute Gasteiger partial charge is 0.490 e. The number of hydrogen-bond donors (Lipinski definition) is 2. The standard InChI is InChI=1S/C19H19F2N5O2.C2HF3O2/c1-18-8-19(9-18,10-28-18)14-7-26-6-13(11(16(20)21)5-15(26)23-14)22-17(27)12-3-4-25(2)24-12;3-2(4,5)1(6)7/h3-7,16H,8-10H2,1-2H3,(H,22,27);(H,6,7). The van der Waals surface area contributed by atoms with Crippen LogP contribution in [0.5, 0.6) is 0 Å². The van der Waals surface area contributed by atoms with Gasteiger partial charge in [-0.25, -0.2) is 18.6 Å². The number of aliphatic carboxylic acids is 1. The number of nitrogens with zero attached hydrogens (tertiary/aromatic N) is 4. The highest BCUT2D eigenvalue weighted by molar-refractivity contribution is 6.03. The molecule has 3 aromatic rings. The maximum atomic E-state index is 13.6. The van der Waals surface area contributed by atoms with E-state index in [0.717, 1.165) is 18.5 Å². The van der Waals surface area contributed by atoms with Gasteiger partial charge in [0, 0.05) is 36.6 Å². The summed E-state index contributed by atoms with van der Waals surface area (Å²) in [4.78, 5) is 25.8. The highest BCUT2D eigenvalue weighted by Gasteiger charge is 2.61. The molecule has 9 nitrogen and oxygen atoms in total. The SMILES string of the molecule is Cn1ccc(C(=O)Nc2cn3cc(C45COC(C)(C4)C5)nc3cc2C(F)F)n1.O=C(O)C(F)(F)F. The van der Waals surface area contributed by atoms with Gasteiger partial charge in [0.1, 0.15) is 5.65 Å². The van der Waals surface area contributed by atoms with E-state index in [4.69, 9.17) is 14.6 Å². The highest BCUT2D eigenvalue weighted by atomic mass is 19.4. The average molecular weight is 501 g/mol. The second-order valence-corrected chi connectivity index (χ2v) is 8.84. The van der Waals surface area contributed by atoms with Gasteiger partial charge in [0.25, 0.3) is 12.3 Å². The zero-order chi connectivity index (χ0) is 25.8. The quantitative estimate of drug-likeness (QED) is 0.528. The normalized spacial score (nSPS) is 23.1. The Balaban J connectivity index is 0.000000364. The van der Waals surface area contributed by atoms with E-state index in [0.29, 0.717) is 12.3 Å². The maximum absolute atomic E-state index is 13.6. The predicted octanol–water partition coefficient (Wildman–Crippen LogP) is 3.71. The fraction of sp³-hybridized carbons (Fsp3) is 0.429. The number of carbonyl (C=O) groups excluding carboxylic acids is 1. The van der Waals surface area contributed by atoms with Gasteiger partial charge in [0.2, 0.25) is 0 Å². The molecular formula is C21H20F5N5O4. The Hall–Kier alpha value is -3.55. The van der Waals surface area contributed by atoms with Gasteiger partial charge in [-0.3, -0.25) is 9.48 Å². The van der Waals surface area contributed by atoms with Crippen molar-refractivity contribution in [3.63, 3.8) is 0 Å². The van der Waals surface area contributed by atoms with Gasteiger partial charge in [0.15, 0.2) is 5.69 Å². The smallest absolute Gasteiger partial charge is 0.475 e. The third kappa shape index (κ3) is 4.70. The Labute approximate surface area is 194 Å². The summed E-state index contributed by atoms with van der Waals surface area (Å²) in [5.74, 6) is -3.30. The van der Waals surface area contributed by atoms with Gasteiger partial charge in [-0.15, -0.1) is 0 Å². The molecule has 1 saturated carbocycles. The number of alkyl halides is 5. The molecule has 6 rings (SSSR count). The van der Waals surface area contributed by atoms with Crippen LogP contribution in [0.25, 0.3) is 5.65 Å². The summed E-state index contributed by atoms with van der Waals surface area (Å²) in [7, 11) is 1.68. The van der Waals surface area contributed by atoms with E-state index >= 15 is 0 Å². The summed E-state index contributed by atoms with van der Waals surface area (Å²) in [5, 5.41) is 13.7. The van der Waals surface area contributed by atoms with Gasteiger partial charge in [-0.1, -0.05) is 0 Å². The molecular weight excluding hydrogens is 481 g/mol. The Kier molecular flexibility index (Phi) is 5.82. The van der Waals surface area contributed by atoms with Crippen molar-refractivity contribution >= 4 is 23.2 Å². The molecule has 3 aromatic heterocycles. The van der Waals surface area contributed by atoms with Crippen molar-refractivity contribution in [3.05, 3.63) is 47.7 Å². The molecule has 0 radical (unpaired) electrons. The van der Waals surface area contributed by atoms with Crippen LogP contribution >= 0.6 is 0 Å². The fourth-order valence-electron chi connectivity index (χ4n) is 4.46. The molecule has 0 aromatic carbocycles. The number of hydrogen-bond acceptors (Lipinski definition) is 5. The Bertz CT molecular complexity index is 1290. The van der Waals surface area contributed by atoms with E-state index in [2.05, 4.69) is 22.3 Å². The van der Waals surface area contributed by atoms with Crippen molar-refractivity contribution in [1.29, 1.82) is 0 Å². The first kappa shape index (κ1) is 24.6. The Morgan fingerprint density at radius 3 is 2.40 bits per heavy atom. The number of amides is 1. The van der Waals surface area contributed by atoms with Crippen LogP contribution in [0.15, 0.2) is 30.7 Å². The van der Waals surface area contributed by atoms with E-state index in [9.17, 15) is 26.7 Å². The first-order valence-electron chi connectivity index (χ1n) is 10.3. The number of carboxylic acids is 1. The number of imidazole rings is 1. The number of anilines is 1. The third-order valence-corrected chi connectivity index (χ3v) is 5.96. The van der Waals surface area contributed by atoms with E-state index in [1.165, 1.54) is 23.0 Å². The third-order valence-electron chi connectivity index (χ3n) is 5.96. The number of carbonyl (C=O) groups is 2. The van der Waals surface area contributed by atoms with Gasteiger partial charge in [-0.05, 0) is 31.9 Å².